The van der Waals surface area contributed by atoms with Gasteiger partial charge in [-0.15, -0.1) is 0 Å². The summed E-state index contributed by atoms with van der Waals surface area (Å²) in [5.41, 5.74) is 3.07. The molecule has 0 unspecified atom stereocenters. The van der Waals surface area contributed by atoms with E-state index in [4.69, 9.17) is 9.84 Å². The minimum absolute atomic E-state index is 0.0265. The molecule has 0 fully saturated rings. The van der Waals surface area contributed by atoms with Crippen molar-refractivity contribution in [2.75, 3.05) is 37.5 Å². The summed E-state index contributed by atoms with van der Waals surface area (Å²) in [6.07, 6.45) is 2.14. The lowest BCUT2D eigenvalue weighted by molar-refractivity contribution is 0.0536. The predicted molar refractivity (Wildman–Crippen MR) is 124 cm³/mol. The van der Waals surface area contributed by atoms with E-state index in [0.717, 1.165) is 11.3 Å². The molecule has 10 heteroatoms. The first-order valence-electron chi connectivity index (χ1n) is 10.3. The van der Waals surface area contributed by atoms with Crippen molar-refractivity contribution < 1.29 is 19.7 Å². The lowest BCUT2D eigenvalue weighted by atomic mass is 10.1. The van der Waals surface area contributed by atoms with Gasteiger partial charge in [0.2, 0.25) is 0 Å². The molecule has 0 aliphatic carbocycles. The van der Waals surface area contributed by atoms with Gasteiger partial charge in [0.05, 0.1) is 18.5 Å². The lowest BCUT2D eigenvalue weighted by Crippen LogP contribution is -2.21. The number of aliphatic hydroxyl groups is 2. The topological polar surface area (TPSA) is 125 Å². The van der Waals surface area contributed by atoms with Crippen molar-refractivity contribution in [3.8, 4) is 17.0 Å². The van der Waals surface area contributed by atoms with E-state index in [0.29, 0.717) is 22.9 Å². The summed E-state index contributed by atoms with van der Waals surface area (Å²) >= 11 is 0. The quantitative estimate of drug-likeness (QED) is 0.373. The zero-order chi connectivity index (χ0) is 23.4. The van der Waals surface area contributed by atoms with Gasteiger partial charge in [-0.1, -0.05) is 12.1 Å². The second-order valence-corrected chi connectivity index (χ2v) is 7.56. The molecular weight excluding hydrogens is 424 g/mol. The number of nitrogens with zero attached hydrogens (tertiary/aromatic N) is 5. The summed E-state index contributed by atoms with van der Waals surface area (Å²) in [4.78, 5) is 23.3. The number of nitrogens with one attached hydrogen (secondary N) is 1. The van der Waals surface area contributed by atoms with E-state index in [-0.39, 0.29) is 24.8 Å². The van der Waals surface area contributed by atoms with Gasteiger partial charge in [-0.3, -0.25) is 4.79 Å². The Morgan fingerprint density at radius 1 is 1.18 bits per heavy atom. The Balaban J connectivity index is 1.59. The standard InChI is InChI=1S/C23H24N6O4/c1-28(2)16-8-9-24-21(11-16)26-23(32)20-12-25-22-7-6-19(27-29(20)22)15-4-3-5-18(10-15)33-14-17(31)13-30/h3-12,17,30-31H,13-14H2,1-2H3,(H,24,26,32)/t17-/m1/s1. The molecule has 10 nitrogen and oxygen atoms in total. The van der Waals surface area contributed by atoms with E-state index >= 15 is 0 Å². The fourth-order valence-corrected chi connectivity index (χ4v) is 3.12. The van der Waals surface area contributed by atoms with Crippen LogP contribution in [0.2, 0.25) is 0 Å². The van der Waals surface area contributed by atoms with Crippen LogP contribution < -0.4 is 15.0 Å². The molecule has 4 rings (SSSR count). The molecule has 3 aromatic heterocycles. The van der Waals surface area contributed by atoms with Crippen LogP contribution in [0.4, 0.5) is 11.5 Å². The Morgan fingerprint density at radius 2 is 2.03 bits per heavy atom. The van der Waals surface area contributed by atoms with Crippen LogP contribution >= 0.6 is 0 Å². The van der Waals surface area contributed by atoms with Crippen LogP contribution in [0, 0.1) is 0 Å². The van der Waals surface area contributed by atoms with Crippen molar-refractivity contribution in [1.82, 2.24) is 19.6 Å². The van der Waals surface area contributed by atoms with E-state index in [1.807, 2.05) is 31.1 Å². The number of amides is 1. The highest BCUT2D eigenvalue weighted by atomic mass is 16.5. The molecule has 0 saturated heterocycles. The summed E-state index contributed by atoms with van der Waals surface area (Å²) < 4.78 is 6.99. The average molecular weight is 448 g/mol. The number of aromatic nitrogens is 4. The Morgan fingerprint density at radius 3 is 2.82 bits per heavy atom. The third-order valence-electron chi connectivity index (χ3n) is 4.88. The van der Waals surface area contributed by atoms with Crippen molar-refractivity contribution in [3.63, 3.8) is 0 Å². The number of carbonyl (C=O) groups excluding carboxylic acids is 1. The van der Waals surface area contributed by atoms with Crippen molar-refractivity contribution in [3.05, 3.63) is 66.6 Å². The maximum Gasteiger partial charge on any atom is 0.277 e. The van der Waals surface area contributed by atoms with Gasteiger partial charge >= 0.3 is 0 Å². The molecule has 0 radical (unpaired) electrons. The molecule has 1 aromatic carbocycles. The number of benzene rings is 1. The molecule has 170 valence electrons. The van der Waals surface area contributed by atoms with Gasteiger partial charge in [0.15, 0.2) is 11.3 Å². The van der Waals surface area contributed by atoms with Crippen LogP contribution in [-0.4, -0.2) is 69.1 Å². The first kappa shape index (κ1) is 22.2. The third kappa shape index (κ3) is 5.08. The number of fused-ring (bicyclic) bond motifs is 1. The number of rotatable bonds is 8. The van der Waals surface area contributed by atoms with E-state index < -0.39 is 6.10 Å². The molecule has 0 spiro atoms. The van der Waals surface area contributed by atoms with Crippen LogP contribution in [0.15, 0.2) is 60.9 Å². The minimum Gasteiger partial charge on any atom is -0.491 e. The van der Waals surface area contributed by atoms with Gasteiger partial charge in [0, 0.05) is 37.6 Å². The van der Waals surface area contributed by atoms with Crippen molar-refractivity contribution in [2.24, 2.45) is 0 Å². The van der Waals surface area contributed by atoms with Crippen molar-refractivity contribution >= 4 is 23.1 Å². The van der Waals surface area contributed by atoms with E-state index in [1.54, 1.807) is 42.6 Å². The number of ether oxygens (including phenoxy) is 1. The normalized spacial score (nSPS) is 11.9. The molecule has 0 saturated carbocycles. The Kier molecular flexibility index (Phi) is 6.48. The molecule has 3 N–H and O–H groups in total. The molecular formula is C23H24N6O4. The average Bonchev–Trinajstić information content (AvgIpc) is 3.26. The Hall–Kier alpha value is -4.02. The summed E-state index contributed by atoms with van der Waals surface area (Å²) in [5.74, 6) is 0.565. The van der Waals surface area contributed by atoms with Gasteiger partial charge in [0.25, 0.3) is 5.91 Å². The van der Waals surface area contributed by atoms with E-state index in [9.17, 15) is 9.90 Å². The van der Waals surface area contributed by atoms with Crippen LogP contribution in [0.25, 0.3) is 16.9 Å². The minimum atomic E-state index is -0.956. The van der Waals surface area contributed by atoms with Crippen LogP contribution in [-0.2, 0) is 0 Å². The van der Waals surface area contributed by atoms with Gasteiger partial charge in [-0.25, -0.2) is 14.5 Å². The van der Waals surface area contributed by atoms with Gasteiger partial charge in [-0.05, 0) is 30.3 Å². The number of aliphatic hydroxyl groups excluding tert-OH is 2. The van der Waals surface area contributed by atoms with Gasteiger partial charge < -0.3 is 25.2 Å². The molecule has 4 aromatic rings. The fraction of sp³-hybridized carbons (Fsp3) is 0.217. The van der Waals surface area contributed by atoms with Gasteiger partial charge in [-0.2, -0.15) is 5.10 Å². The monoisotopic (exact) mass is 448 g/mol. The summed E-state index contributed by atoms with van der Waals surface area (Å²) in [7, 11) is 3.82. The largest absolute Gasteiger partial charge is 0.491 e. The zero-order valence-corrected chi connectivity index (χ0v) is 18.2. The summed E-state index contributed by atoms with van der Waals surface area (Å²) in [5, 5.41) is 25.8. The number of hydrogen-bond acceptors (Lipinski definition) is 8. The zero-order valence-electron chi connectivity index (χ0n) is 18.2. The second-order valence-electron chi connectivity index (χ2n) is 7.56. The van der Waals surface area contributed by atoms with Crippen LogP contribution in [0.5, 0.6) is 5.75 Å². The third-order valence-corrected chi connectivity index (χ3v) is 4.88. The summed E-state index contributed by atoms with van der Waals surface area (Å²) in [6, 6.07) is 14.4. The van der Waals surface area contributed by atoms with E-state index in [1.165, 1.54) is 10.7 Å². The Labute approximate surface area is 190 Å². The lowest BCUT2D eigenvalue weighted by Gasteiger charge is -2.13. The number of hydrogen-bond donors (Lipinski definition) is 3. The van der Waals surface area contributed by atoms with Crippen LogP contribution in [0.1, 0.15) is 10.5 Å². The number of pyridine rings is 1. The van der Waals surface area contributed by atoms with Crippen LogP contribution in [0.3, 0.4) is 0 Å². The molecule has 0 bridgehead atoms. The number of carbonyl (C=O) groups is 1. The summed E-state index contributed by atoms with van der Waals surface area (Å²) in [6.45, 7) is -0.403. The Bertz CT molecular complexity index is 1270. The number of anilines is 2. The second kappa shape index (κ2) is 9.63. The fourth-order valence-electron chi connectivity index (χ4n) is 3.12. The van der Waals surface area contributed by atoms with Crippen molar-refractivity contribution in [2.45, 2.75) is 6.10 Å². The molecule has 33 heavy (non-hydrogen) atoms. The maximum absolute atomic E-state index is 12.9. The highest BCUT2D eigenvalue weighted by Crippen LogP contribution is 2.23. The predicted octanol–water partition coefficient (Wildman–Crippen LogP) is 1.84. The molecule has 3 heterocycles. The van der Waals surface area contributed by atoms with E-state index in [2.05, 4.69) is 20.4 Å². The SMILES string of the molecule is CN(C)c1ccnc(NC(=O)c2cnc3ccc(-c4cccc(OC[C@H](O)CO)c4)nn23)c1. The highest BCUT2D eigenvalue weighted by molar-refractivity contribution is 6.03. The first-order valence-corrected chi connectivity index (χ1v) is 10.3. The molecule has 0 aliphatic heterocycles. The molecule has 1 amide bonds. The molecule has 1 atom stereocenters. The highest BCUT2D eigenvalue weighted by Gasteiger charge is 2.15. The molecule has 0 aliphatic rings. The van der Waals surface area contributed by atoms with Gasteiger partial charge in [0.1, 0.15) is 24.3 Å². The number of imidazole rings is 1. The smallest absolute Gasteiger partial charge is 0.277 e. The van der Waals surface area contributed by atoms with Crippen molar-refractivity contribution in [1.29, 1.82) is 0 Å². The first-order chi connectivity index (χ1) is 15.9. The maximum atomic E-state index is 12.9.